The minimum absolute atomic E-state index is 0.121. The zero-order valence-corrected chi connectivity index (χ0v) is 19.8. The highest BCUT2D eigenvalue weighted by Crippen LogP contribution is 2.20. The van der Waals surface area contributed by atoms with Gasteiger partial charge in [-0.1, -0.05) is 59.1 Å². The van der Waals surface area contributed by atoms with Crippen LogP contribution in [-0.4, -0.2) is 35.9 Å². The molecule has 0 heterocycles. The van der Waals surface area contributed by atoms with Crippen LogP contribution in [0, 0.1) is 13.8 Å². The second-order valence-electron chi connectivity index (χ2n) is 7.53. The van der Waals surface area contributed by atoms with E-state index in [-0.39, 0.29) is 18.4 Å². The Morgan fingerprint density at radius 2 is 1.93 bits per heavy atom. The number of amides is 2. The molecule has 2 rings (SSSR count). The maximum absolute atomic E-state index is 13.1. The Morgan fingerprint density at radius 3 is 2.60 bits per heavy atom. The first-order valence-corrected chi connectivity index (χ1v) is 11.1. The zero-order chi connectivity index (χ0) is 22.1. The summed E-state index contributed by atoms with van der Waals surface area (Å²) in [6.07, 6.45) is 1.91. The van der Waals surface area contributed by atoms with Crippen LogP contribution in [0.1, 0.15) is 43.4 Å². The highest BCUT2D eigenvalue weighted by atomic mass is 79.9. The van der Waals surface area contributed by atoms with Crippen LogP contribution in [0.15, 0.2) is 46.9 Å². The smallest absolute Gasteiger partial charge is 0.261 e. The summed E-state index contributed by atoms with van der Waals surface area (Å²) < 4.78 is 6.72. The largest absolute Gasteiger partial charge is 0.483 e. The van der Waals surface area contributed by atoms with Crippen molar-refractivity contribution in [2.45, 2.75) is 53.1 Å². The normalized spacial score (nSPS) is 11.6. The highest BCUT2D eigenvalue weighted by molar-refractivity contribution is 9.10. The van der Waals surface area contributed by atoms with E-state index < -0.39 is 6.04 Å². The molecule has 0 saturated carbocycles. The average Bonchev–Trinajstić information content (AvgIpc) is 2.71. The molecule has 0 spiro atoms. The van der Waals surface area contributed by atoms with E-state index in [1.165, 1.54) is 0 Å². The maximum atomic E-state index is 13.1. The van der Waals surface area contributed by atoms with Crippen molar-refractivity contribution < 1.29 is 14.3 Å². The van der Waals surface area contributed by atoms with Gasteiger partial charge in [0, 0.05) is 17.6 Å². The van der Waals surface area contributed by atoms with Gasteiger partial charge < -0.3 is 15.0 Å². The van der Waals surface area contributed by atoms with E-state index in [1.54, 1.807) is 11.8 Å². The number of unbranched alkanes of at least 4 members (excludes halogenated alkanes) is 1. The third kappa shape index (κ3) is 7.17. The number of nitrogens with zero attached hydrogens (tertiary/aromatic N) is 1. The summed E-state index contributed by atoms with van der Waals surface area (Å²) >= 11 is 3.46. The number of nitrogens with one attached hydrogen (secondary N) is 1. The molecule has 30 heavy (non-hydrogen) atoms. The molecule has 0 aliphatic rings. The van der Waals surface area contributed by atoms with Crippen LogP contribution in [0.3, 0.4) is 0 Å². The minimum atomic E-state index is -0.601. The molecule has 5 nitrogen and oxygen atoms in total. The molecule has 0 aliphatic heterocycles. The Labute approximate surface area is 187 Å². The van der Waals surface area contributed by atoms with Crippen LogP contribution in [-0.2, 0) is 16.1 Å². The van der Waals surface area contributed by atoms with Crippen LogP contribution >= 0.6 is 15.9 Å². The number of carbonyl (C=O) groups excluding carboxylic acids is 2. The van der Waals surface area contributed by atoms with Crippen molar-refractivity contribution in [3.8, 4) is 5.75 Å². The van der Waals surface area contributed by atoms with Crippen LogP contribution < -0.4 is 10.1 Å². The van der Waals surface area contributed by atoms with Gasteiger partial charge in [-0.2, -0.15) is 0 Å². The van der Waals surface area contributed by atoms with Crippen molar-refractivity contribution in [3.63, 3.8) is 0 Å². The van der Waals surface area contributed by atoms with E-state index in [2.05, 4.69) is 28.2 Å². The van der Waals surface area contributed by atoms with Crippen molar-refractivity contribution in [2.75, 3.05) is 13.2 Å². The summed E-state index contributed by atoms with van der Waals surface area (Å²) in [5.41, 5.74) is 3.06. The third-order valence-electron chi connectivity index (χ3n) is 4.92. The summed E-state index contributed by atoms with van der Waals surface area (Å²) in [7, 11) is 0. The fourth-order valence-electron chi connectivity index (χ4n) is 3.13. The fourth-order valence-corrected chi connectivity index (χ4v) is 3.58. The lowest BCUT2D eigenvalue weighted by Gasteiger charge is -2.29. The van der Waals surface area contributed by atoms with Gasteiger partial charge in [0.1, 0.15) is 11.8 Å². The Hall–Kier alpha value is -2.34. The van der Waals surface area contributed by atoms with Gasteiger partial charge in [-0.05, 0) is 56.5 Å². The molecule has 0 fully saturated rings. The maximum Gasteiger partial charge on any atom is 0.261 e. The first kappa shape index (κ1) is 23.9. The standard InChI is InChI=1S/C24H31BrN2O3/c1-5-6-12-26-24(29)19(4)27(15-20-8-7-9-21(25)14-20)23(28)16-30-22-11-10-17(2)13-18(22)3/h7-11,13-14,19H,5-6,12,15-16H2,1-4H3,(H,26,29). The van der Waals surface area contributed by atoms with Gasteiger partial charge in [0.25, 0.3) is 5.91 Å². The van der Waals surface area contributed by atoms with Gasteiger partial charge in [0.15, 0.2) is 6.61 Å². The second-order valence-corrected chi connectivity index (χ2v) is 8.45. The average molecular weight is 475 g/mol. The third-order valence-corrected chi connectivity index (χ3v) is 5.41. The molecule has 6 heteroatoms. The Kier molecular flexibility index (Phi) is 9.37. The monoisotopic (exact) mass is 474 g/mol. The van der Waals surface area contributed by atoms with Crippen molar-refractivity contribution >= 4 is 27.7 Å². The fraction of sp³-hybridized carbons (Fsp3) is 0.417. The lowest BCUT2D eigenvalue weighted by molar-refractivity contribution is -0.142. The van der Waals surface area contributed by atoms with Gasteiger partial charge in [-0.25, -0.2) is 0 Å². The van der Waals surface area contributed by atoms with Crippen LogP contribution in [0.25, 0.3) is 0 Å². The van der Waals surface area contributed by atoms with E-state index in [0.717, 1.165) is 34.0 Å². The Bertz CT molecular complexity index is 869. The molecular weight excluding hydrogens is 444 g/mol. The molecule has 2 aromatic rings. The lowest BCUT2D eigenvalue weighted by Crippen LogP contribution is -2.49. The number of rotatable bonds is 10. The second kappa shape index (κ2) is 11.7. The van der Waals surface area contributed by atoms with Crippen LogP contribution in [0.2, 0.25) is 0 Å². The SMILES string of the molecule is CCCCNC(=O)C(C)N(Cc1cccc(Br)c1)C(=O)COc1ccc(C)cc1C. The van der Waals surface area contributed by atoms with Gasteiger partial charge >= 0.3 is 0 Å². The number of hydrogen-bond donors (Lipinski definition) is 1. The molecule has 2 aromatic carbocycles. The summed E-state index contributed by atoms with van der Waals surface area (Å²) in [5, 5.41) is 2.92. The molecule has 0 radical (unpaired) electrons. The summed E-state index contributed by atoms with van der Waals surface area (Å²) in [4.78, 5) is 27.3. The molecular formula is C24H31BrN2O3. The molecule has 0 bridgehead atoms. The number of hydrogen-bond acceptors (Lipinski definition) is 3. The molecule has 0 aromatic heterocycles. The number of benzene rings is 2. The van der Waals surface area contributed by atoms with Gasteiger partial charge in [0.2, 0.25) is 5.91 Å². The lowest BCUT2D eigenvalue weighted by atomic mass is 10.1. The van der Waals surface area contributed by atoms with Crippen LogP contribution in [0.5, 0.6) is 5.75 Å². The van der Waals surface area contributed by atoms with Gasteiger partial charge in [-0.3, -0.25) is 9.59 Å². The summed E-state index contributed by atoms with van der Waals surface area (Å²) in [6.45, 7) is 8.62. The number of halogens is 1. The highest BCUT2D eigenvalue weighted by Gasteiger charge is 2.26. The summed E-state index contributed by atoms with van der Waals surface area (Å²) in [5.74, 6) is 0.294. The van der Waals surface area contributed by atoms with Crippen molar-refractivity contribution in [1.82, 2.24) is 10.2 Å². The Morgan fingerprint density at radius 1 is 1.17 bits per heavy atom. The topological polar surface area (TPSA) is 58.6 Å². The molecule has 1 unspecified atom stereocenters. The van der Waals surface area contributed by atoms with E-state index in [0.29, 0.717) is 18.8 Å². The predicted molar refractivity (Wildman–Crippen MR) is 123 cm³/mol. The molecule has 0 saturated heterocycles. The van der Waals surface area contributed by atoms with E-state index in [9.17, 15) is 9.59 Å². The van der Waals surface area contributed by atoms with Crippen molar-refractivity contribution in [1.29, 1.82) is 0 Å². The quantitative estimate of drug-likeness (QED) is 0.504. The Balaban J connectivity index is 2.13. The van der Waals surface area contributed by atoms with E-state index in [4.69, 9.17) is 4.74 Å². The van der Waals surface area contributed by atoms with Crippen molar-refractivity contribution in [2.24, 2.45) is 0 Å². The molecule has 162 valence electrons. The van der Waals surface area contributed by atoms with Crippen molar-refractivity contribution in [3.05, 3.63) is 63.6 Å². The number of carbonyl (C=O) groups is 2. The number of ether oxygens (including phenoxy) is 1. The van der Waals surface area contributed by atoms with Crippen LogP contribution in [0.4, 0.5) is 0 Å². The molecule has 1 N–H and O–H groups in total. The molecule has 1 atom stereocenters. The summed E-state index contributed by atoms with van der Waals surface area (Å²) in [6, 6.07) is 13.0. The molecule has 2 amide bonds. The molecule has 0 aliphatic carbocycles. The zero-order valence-electron chi connectivity index (χ0n) is 18.2. The first-order valence-electron chi connectivity index (χ1n) is 10.3. The minimum Gasteiger partial charge on any atom is -0.483 e. The van der Waals surface area contributed by atoms with Gasteiger partial charge in [0.05, 0.1) is 0 Å². The van der Waals surface area contributed by atoms with E-state index in [1.807, 2.05) is 56.3 Å². The predicted octanol–water partition coefficient (Wildman–Crippen LogP) is 4.78. The van der Waals surface area contributed by atoms with Gasteiger partial charge in [-0.15, -0.1) is 0 Å². The first-order chi connectivity index (χ1) is 14.3. The number of aryl methyl sites for hydroxylation is 2. The van der Waals surface area contributed by atoms with E-state index >= 15 is 0 Å².